The zero-order valence-corrected chi connectivity index (χ0v) is 18.2. The third kappa shape index (κ3) is 6.26. The number of fused-ring (bicyclic) bond motifs is 2. The molecule has 2 amide bonds. The van der Waals surface area contributed by atoms with Gasteiger partial charge in [0.2, 0.25) is 5.78 Å². The van der Waals surface area contributed by atoms with E-state index in [-0.39, 0.29) is 31.3 Å². The molecule has 1 aliphatic rings. The fourth-order valence-corrected chi connectivity index (χ4v) is 3.59. The Morgan fingerprint density at radius 2 is 2.00 bits per heavy atom. The molecule has 0 saturated heterocycles. The predicted molar refractivity (Wildman–Crippen MR) is 115 cm³/mol. The second kappa shape index (κ2) is 10.7. The highest BCUT2D eigenvalue weighted by Gasteiger charge is 2.33. The minimum Gasteiger partial charge on any atom is -0.445 e. The molecule has 32 heavy (non-hydrogen) atoms. The average Bonchev–Trinajstić information content (AvgIpc) is 3.21. The molecule has 2 bridgehead atoms. The fourth-order valence-electron chi connectivity index (χ4n) is 3.59. The van der Waals surface area contributed by atoms with Gasteiger partial charge in [-0.3, -0.25) is 14.4 Å². The van der Waals surface area contributed by atoms with Gasteiger partial charge in [-0.2, -0.15) is 0 Å². The smallest absolute Gasteiger partial charge is 0.408 e. The molecule has 170 valence electrons. The third-order valence-corrected chi connectivity index (χ3v) is 5.33. The van der Waals surface area contributed by atoms with Crippen molar-refractivity contribution in [1.82, 2.24) is 20.2 Å². The second-order valence-electron chi connectivity index (χ2n) is 8.23. The van der Waals surface area contributed by atoms with E-state index in [0.717, 1.165) is 11.3 Å². The molecule has 2 heterocycles. The molecule has 3 rings (SSSR count). The third-order valence-electron chi connectivity index (χ3n) is 5.33. The van der Waals surface area contributed by atoms with Gasteiger partial charge in [-0.25, -0.2) is 9.78 Å². The summed E-state index contributed by atoms with van der Waals surface area (Å²) in [7, 11) is 0. The average molecular weight is 441 g/mol. The molecule has 0 fully saturated rings. The molecule has 0 aliphatic carbocycles. The number of ketones is 2. The Kier molecular flexibility index (Phi) is 7.75. The first kappa shape index (κ1) is 23.2. The standard InChI is InChI=1S/C23H28N4O5/c1-15(2)20(26-23(31)32-13-16-6-4-3-5-7-16)19(28)10-17-11-27-12-18(25-14-27)8-9-24-22(30)21(17)29/h3-7,12,14-15,17,20H,8-11,13H2,1-2H3,(H,24,30)(H,26,31). The molecule has 1 aliphatic heterocycles. The number of Topliss-reactive ketones (excluding diaryl/α,β-unsaturated/α-hetero) is 2. The number of hydrogen-bond donors (Lipinski definition) is 2. The molecule has 0 saturated carbocycles. The van der Waals surface area contributed by atoms with Crippen molar-refractivity contribution in [2.45, 2.75) is 45.9 Å². The van der Waals surface area contributed by atoms with Crippen molar-refractivity contribution in [3.63, 3.8) is 0 Å². The first-order chi connectivity index (χ1) is 15.3. The van der Waals surface area contributed by atoms with Crippen molar-refractivity contribution >= 4 is 23.6 Å². The lowest BCUT2D eigenvalue weighted by atomic mass is 9.90. The summed E-state index contributed by atoms with van der Waals surface area (Å²) in [5.41, 5.74) is 1.63. The number of carbonyl (C=O) groups excluding carboxylic acids is 4. The van der Waals surface area contributed by atoms with Crippen molar-refractivity contribution in [2.75, 3.05) is 6.54 Å². The molecular formula is C23H28N4O5. The largest absolute Gasteiger partial charge is 0.445 e. The number of hydrogen-bond acceptors (Lipinski definition) is 6. The van der Waals surface area contributed by atoms with Crippen LogP contribution in [0.1, 0.15) is 31.5 Å². The van der Waals surface area contributed by atoms with Crippen LogP contribution in [-0.4, -0.2) is 45.7 Å². The summed E-state index contributed by atoms with van der Waals surface area (Å²) < 4.78 is 6.95. The van der Waals surface area contributed by atoms with Gasteiger partial charge in [-0.15, -0.1) is 0 Å². The molecule has 9 nitrogen and oxygen atoms in total. The van der Waals surface area contributed by atoms with E-state index >= 15 is 0 Å². The molecule has 1 aromatic heterocycles. The number of rotatable bonds is 7. The Balaban J connectivity index is 1.65. The quantitative estimate of drug-likeness (QED) is 0.632. The number of alkyl carbamates (subject to hydrolysis) is 1. The summed E-state index contributed by atoms with van der Waals surface area (Å²) in [6.07, 6.45) is 3.04. The van der Waals surface area contributed by atoms with Gasteiger partial charge in [0.15, 0.2) is 5.78 Å². The lowest BCUT2D eigenvalue weighted by Gasteiger charge is -2.23. The zero-order valence-electron chi connectivity index (χ0n) is 18.2. The van der Waals surface area contributed by atoms with E-state index in [1.165, 1.54) is 0 Å². The van der Waals surface area contributed by atoms with Gasteiger partial charge in [0.1, 0.15) is 6.61 Å². The maximum Gasteiger partial charge on any atom is 0.408 e. The first-order valence-electron chi connectivity index (χ1n) is 10.7. The van der Waals surface area contributed by atoms with Gasteiger partial charge in [0.05, 0.1) is 24.0 Å². The fraction of sp³-hybridized carbons (Fsp3) is 0.435. The van der Waals surface area contributed by atoms with E-state index in [4.69, 9.17) is 4.74 Å². The minimum absolute atomic E-state index is 0.0793. The van der Waals surface area contributed by atoms with Crippen LogP contribution in [0.5, 0.6) is 0 Å². The van der Waals surface area contributed by atoms with Crippen molar-refractivity contribution in [1.29, 1.82) is 0 Å². The summed E-state index contributed by atoms with van der Waals surface area (Å²) in [5.74, 6) is -2.77. The van der Waals surface area contributed by atoms with Crippen LogP contribution in [0.2, 0.25) is 0 Å². The van der Waals surface area contributed by atoms with Crippen LogP contribution >= 0.6 is 0 Å². The molecule has 2 unspecified atom stereocenters. The van der Waals surface area contributed by atoms with E-state index in [9.17, 15) is 19.2 Å². The highest BCUT2D eigenvalue weighted by molar-refractivity contribution is 6.37. The SMILES string of the molecule is CC(C)C(NC(=O)OCc1ccccc1)C(=O)CC1Cn2cnc(c2)CCNC(=O)C1=O. The van der Waals surface area contributed by atoms with Crippen LogP contribution < -0.4 is 10.6 Å². The Labute approximate surface area is 186 Å². The lowest BCUT2D eigenvalue weighted by molar-refractivity contribution is -0.141. The Hall–Kier alpha value is -3.49. The zero-order chi connectivity index (χ0) is 23.1. The van der Waals surface area contributed by atoms with Gasteiger partial charge in [-0.1, -0.05) is 44.2 Å². The maximum absolute atomic E-state index is 13.1. The Morgan fingerprint density at radius 1 is 1.25 bits per heavy atom. The second-order valence-corrected chi connectivity index (χ2v) is 8.23. The van der Waals surface area contributed by atoms with Crippen LogP contribution in [0.4, 0.5) is 4.79 Å². The number of amides is 2. The van der Waals surface area contributed by atoms with Crippen LogP contribution in [0.25, 0.3) is 0 Å². The van der Waals surface area contributed by atoms with E-state index in [1.54, 1.807) is 30.9 Å². The van der Waals surface area contributed by atoms with E-state index in [0.29, 0.717) is 13.0 Å². The monoisotopic (exact) mass is 440 g/mol. The first-order valence-corrected chi connectivity index (χ1v) is 10.7. The summed E-state index contributed by atoms with van der Waals surface area (Å²) in [4.78, 5) is 54.5. The van der Waals surface area contributed by atoms with Crippen molar-refractivity contribution in [3.8, 4) is 0 Å². The minimum atomic E-state index is -0.856. The summed E-state index contributed by atoms with van der Waals surface area (Å²) in [5, 5.41) is 5.19. The number of imidazole rings is 1. The van der Waals surface area contributed by atoms with Crippen molar-refractivity contribution in [3.05, 3.63) is 54.1 Å². The lowest BCUT2D eigenvalue weighted by Crippen LogP contribution is -2.46. The number of carbonyl (C=O) groups is 4. The molecule has 1 aromatic carbocycles. The molecule has 0 radical (unpaired) electrons. The molecule has 2 atom stereocenters. The summed E-state index contributed by atoms with van der Waals surface area (Å²) in [6.45, 7) is 4.13. The number of benzene rings is 1. The van der Waals surface area contributed by atoms with Crippen LogP contribution in [0.3, 0.4) is 0 Å². The number of aromatic nitrogens is 2. The van der Waals surface area contributed by atoms with Crippen molar-refractivity contribution in [2.24, 2.45) is 11.8 Å². The van der Waals surface area contributed by atoms with Gasteiger partial charge < -0.3 is 19.9 Å². The van der Waals surface area contributed by atoms with Crippen LogP contribution in [0.15, 0.2) is 42.9 Å². The van der Waals surface area contributed by atoms with Gasteiger partial charge >= 0.3 is 6.09 Å². The van der Waals surface area contributed by atoms with Gasteiger partial charge in [0.25, 0.3) is 5.91 Å². The van der Waals surface area contributed by atoms with Crippen LogP contribution in [-0.2, 0) is 38.7 Å². The number of ether oxygens (including phenoxy) is 1. The van der Waals surface area contributed by atoms with Crippen LogP contribution in [0, 0.1) is 11.8 Å². The maximum atomic E-state index is 13.1. The van der Waals surface area contributed by atoms with Crippen molar-refractivity contribution < 1.29 is 23.9 Å². The highest BCUT2D eigenvalue weighted by atomic mass is 16.5. The normalized spacial score (nSPS) is 17.4. The molecule has 2 aromatic rings. The Morgan fingerprint density at radius 3 is 2.72 bits per heavy atom. The molecule has 9 heteroatoms. The van der Waals surface area contributed by atoms with E-state index in [1.807, 2.05) is 30.3 Å². The van der Waals surface area contributed by atoms with Gasteiger partial charge in [-0.05, 0) is 11.5 Å². The molecular weight excluding hydrogens is 412 g/mol. The topological polar surface area (TPSA) is 119 Å². The number of nitrogens with zero attached hydrogens (tertiary/aromatic N) is 2. The van der Waals surface area contributed by atoms with E-state index in [2.05, 4.69) is 15.6 Å². The Bertz CT molecular complexity index is 970. The summed E-state index contributed by atoms with van der Waals surface area (Å²) in [6, 6.07) is 8.36. The predicted octanol–water partition coefficient (Wildman–Crippen LogP) is 1.65. The number of nitrogens with one attached hydrogen (secondary N) is 2. The highest BCUT2D eigenvalue weighted by Crippen LogP contribution is 2.16. The molecule has 0 spiro atoms. The van der Waals surface area contributed by atoms with E-state index < -0.39 is 29.7 Å². The van der Waals surface area contributed by atoms with Gasteiger partial charge in [0, 0.05) is 32.1 Å². The molecule has 2 N–H and O–H groups in total. The summed E-state index contributed by atoms with van der Waals surface area (Å²) >= 11 is 0.